The van der Waals surface area contributed by atoms with E-state index in [1.807, 2.05) is 6.92 Å². The highest BCUT2D eigenvalue weighted by atomic mass is 127. The first kappa shape index (κ1) is 10.4. The highest BCUT2D eigenvalue weighted by molar-refractivity contribution is 14.1. The molecule has 2 heterocycles. The predicted molar refractivity (Wildman–Crippen MR) is 64.6 cm³/mol. The summed E-state index contributed by atoms with van der Waals surface area (Å²) in [7, 11) is 0. The van der Waals surface area contributed by atoms with Gasteiger partial charge in [-0.3, -0.25) is 5.10 Å². The molecule has 6 nitrogen and oxygen atoms in total. The van der Waals surface area contributed by atoms with Gasteiger partial charge in [0.05, 0.1) is 6.61 Å². The van der Waals surface area contributed by atoms with Crippen LogP contribution >= 0.6 is 22.6 Å². The Bertz CT molecular complexity index is 483. The fourth-order valence-electron chi connectivity index (χ4n) is 1.18. The van der Waals surface area contributed by atoms with Crippen LogP contribution in [0.15, 0.2) is 0 Å². The van der Waals surface area contributed by atoms with Gasteiger partial charge in [0.2, 0.25) is 11.8 Å². The second-order valence-corrected chi connectivity index (χ2v) is 4.05. The second kappa shape index (κ2) is 4.17. The van der Waals surface area contributed by atoms with Gasteiger partial charge in [0.1, 0.15) is 9.09 Å². The van der Waals surface area contributed by atoms with Gasteiger partial charge in [-0.05, 0) is 29.0 Å². The summed E-state index contributed by atoms with van der Waals surface area (Å²) in [5.41, 5.74) is 6.09. The van der Waals surface area contributed by atoms with E-state index >= 15 is 0 Å². The minimum absolute atomic E-state index is 0.177. The number of ether oxygens (including phenoxy) is 1. The van der Waals surface area contributed by atoms with E-state index in [1.165, 1.54) is 0 Å². The topological polar surface area (TPSA) is 89.7 Å². The number of anilines is 1. The molecule has 0 unspecified atom stereocenters. The van der Waals surface area contributed by atoms with Gasteiger partial charge < -0.3 is 10.5 Å². The van der Waals surface area contributed by atoms with E-state index in [2.05, 4.69) is 42.8 Å². The summed E-state index contributed by atoms with van der Waals surface area (Å²) < 4.78 is 6.35. The first-order valence-electron chi connectivity index (χ1n) is 4.52. The number of nitrogen functional groups attached to an aromatic ring is 1. The quantitative estimate of drug-likeness (QED) is 0.833. The third kappa shape index (κ3) is 1.96. The van der Waals surface area contributed by atoms with Crippen molar-refractivity contribution in [3.8, 4) is 5.88 Å². The van der Waals surface area contributed by atoms with Crippen LogP contribution in [0.5, 0.6) is 5.88 Å². The zero-order valence-corrected chi connectivity index (χ0v) is 10.3. The third-order valence-corrected chi connectivity index (χ3v) is 2.58. The highest BCUT2D eigenvalue weighted by Gasteiger charge is 2.13. The lowest BCUT2D eigenvalue weighted by Gasteiger charge is -2.04. The van der Waals surface area contributed by atoms with Crippen LogP contribution in [-0.4, -0.2) is 26.8 Å². The van der Waals surface area contributed by atoms with Crippen LogP contribution in [-0.2, 0) is 0 Å². The molecule has 15 heavy (non-hydrogen) atoms. The number of aromatic amines is 1. The van der Waals surface area contributed by atoms with E-state index in [0.29, 0.717) is 18.1 Å². The molecule has 0 saturated heterocycles. The average molecular weight is 319 g/mol. The number of nitrogens with two attached hydrogens (primary N) is 1. The Balaban J connectivity index is 2.53. The number of rotatable bonds is 3. The number of fused-ring (bicyclic) bond motifs is 1. The van der Waals surface area contributed by atoms with Crippen LogP contribution in [0.1, 0.15) is 13.3 Å². The predicted octanol–water partition coefficient (Wildman–Crippen LogP) is 1.33. The Morgan fingerprint density at radius 2 is 2.27 bits per heavy atom. The van der Waals surface area contributed by atoms with Crippen molar-refractivity contribution in [2.45, 2.75) is 13.3 Å². The number of nitrogens with zero attached hydrogens (tertiary/aromatic N) is 3. The molecule has 0 spiro atoms. The van der Waals surface area contributed by atoms with Crippen molar-refractivity contribution >= 4 is 39.6 Å². The lowest BCUT2D eigenvalue weighted by Crippen LogP contribution is -2.02. The standard InChI is InChI=1S/C8H10IN5O/c1-2-3-15-7-4-5(9)13-14-6(4)11-8(10)12-7/h2-3H2,1H3,(H3,10,11,12,13,14). The van der Waals surface area contributed by atoms with Crippen molar-refractivity contribution in [2.24, 2.45) is 0 Å². The van der Waals surface area contributed by atoms with Crippen LogP contribution in [0.25, 0.3) is 11.0 Å². The van der Waals surface area contributed by atoms with Gasteiger partial charge in [0.25, 0.3) is 0 Å². The molecule has 3 N–H and O–H groups in total. The highest BCUT2D eigenvalue weighted by Crippen LogP contribution is 2.26. The van der Waals surface area contributed by atoms with Crippen LogP contribution in [0.4, 0.5) is 5.95 Å². The van der Waals surface area contributed by atoms with Crippen LogP contribution in [0.3, 0.4) is 0 Å². The van der Waals surface area contributed by atoms with Crippen molar-refractivity contribution < 1.29 is 4.74 Å². The molecule has 2 rings (SSSR count). The summed E-state index contributed by atoms with van der Waals surface area (Å²) in [6.45, 7) is 2.63. The van der Waals surface area contributed by atoms with Crippen molar-refractivity contribution in [1.82, 2.24) is 20.2 Å². The maximum Gasteiger partial charge on any atom is 0.230 e. The lowest BCUT2D eigenvalue weighted by molar-refractivity contribution is 0.309. The first-order chi connectivity index (χ1) is 7.22. The molecule has 2 aromatic rings. The Morgan fingerprint density at radius 3 is 3.00 bits per heavy atom. The number of H-pyrrole nitrogens is 1. The number of aromatic nitrogens is 4. The van der Waals surface area contributed by atoms with Crippen LogP contribution in [0, 0.1) is 3.70 Å². The van der Waals surface area contributed by atoms with Crippen LogP contribution < -0.4 is 10.5 Å². The molecule has 0 aliphatic rings. The molecule has 0 saturated carbocycles. The summed E-state index contributed by atoms with van der Waals surface area (Å²) in [6, 6.07) is 0. The Hall–Kier alpha value is -1.12. The molecule has 2 aromatic heterocycles. The number of hydrogen-bond acceptors (Lipinski definition) is 5. The fraction of sp³-hybridized carbons (Fsp3) is 0.375. The van der Waals surface area contributed by atoms with Gasteiger partial charge >= 0.3 is 0 Å². The number of nitrogens with one attached hydrogen (secondary N) is 1. The Kier molecular flexibility index (Phi) is 2.89. The normalized spacial score (nSPS) is 10.8. The zero-order valence-electron chi connectivity index (χ0n) is 8.12. The van der Waals surface area contributed by atoms with Crippen molar-refractivity contribution in [3.05, 3.63) is 3.70 Å². The summed E-state index contributed by atoms with van der Waals surface area (Å²) in [6.07, 6.45) is 0.916. The van der Waals surface area contributed by atoms with E-state index in [4.69, 9.17) is 10.5 Å². The fourth-order valence-corrected chi connectivity index (χ4v) is 1.77. The average Bonchev–Trinajstić information content (AvgIpc) is 2.56. The molecule has 7 heteroatoms. The smallest absolute Gasteiger partial charge is 0.230 e. The zero-order chi connectivity index (χ0) is 10.8. The van der Waals surface area contributed by atoms with Crippen LogP contribution in [0.2, 0.25) is 0 Å². The molecule has 0 atom stereocenters. The minimum Gasteiger partial charge on any atom is -0.477 e. The maximum atomic E-state index is 5.55. The maximum absolute atomic E-state index is 5.55. The number of halogens is 1. The first-order valence-corrected chi connectivity index (χ1v) is 5.60. The molecule has 0 fully saturated rings. The van der Waals surface area contributed by atoms with Gasteiger partial charge in [-0.1, -0.05) is 6.92 Å². The van der Waals surface area contributed by atoms with Gasteiger partial charge in [-0.25, -0.2) is 0 Å². The largest absolute Gasteiger partial charge is 0.477 e. The molecule has 0 aromatic carbocycles. The van der Waals surface area contributed by atoms with Gasteiger partial charge in [-0.15, -0.1) is 0 Å². The molecule has 0 aliphatic carbocycles. The van der Waals surface area contributed by atoms with Gasteiger partial charge in [0.15, 0.2) is 5.65 Å². The summed E-state index contributed by atoms with van der Waals surface area (Å²) in [5, 5.41) is 7.61. The summed E-state index contributed by atoms with van der Waals surface area (Å²) in [5.74, 6) is 0.675. The molecular formula is C8H10IN5O. The third-order valence-electron chi connectivity index (χ3n) is 1.80. The molecule has 0 amide bonds. The van der Waals surface area contributed by atoms with E-state index in [9.17, 15) is 0 Å². The number of hydrogen-bond donors (Lipinski definition) is 2. The molecule has 0 aliphatic heterocycles. The van der Waals surface area contributed by atoms with E-state index in [1.54, 1.807) is 0 Å². The van der Waals surface area contributed by atoms with E-state index in [-0.39, 0.29) is 5.95 Å². The van der Waals surface area contributed by atoms with Gasteiger partial charge in [0, 0.05) is 0 Å². The van der Waals surface area contributed by atoms with E-state index in [0.717, 1.165) is 15.5 Å². The monoisotopic (exact) mass is 319 g/mol. The van der Waals surface area contributed by atoms with Gasteiger partial charge in [-0.2, -0.15) is 15.1 Å². The summed E-state index contributed by atoms with van der Waals surface area (Å²) >= 11 is 2.12. The Morgan fingerprint density at radius 1 is 1.47 bits per heavy atom. The minimum atomic E-state index is 0.177. The lowest BCUT2D eigenvalue weighted by atomic mass is 10.4. The van der Waals surface area contributed by atoms with Crippen molar-refractivity contribution in [3.63, 3.8) is 0 Å². The van der Waals surface area contributed by atoms with Crippen molar-refractivity contribution in [2.75, 3.05) is 12.3 Å². The molecule has 0 radical (unpaired) electrons. The summed E-state index contributed by atoms with van der Waals surface area (Å²) in [4.78, 5) is 8.06. The van der Waals surface area contributed by atoms with E-state index < -0.39 is 0 Å². The van der Waals surface area contributed by atoms with Crippen molar-refractivity contribution in [1.29, 1.82) is 0 Å². The molecule has 80 valence electrons. The Labute approximate surface area is 99.8 Å². The SMILES string of the molecule is CCCOc1nc(N)nc2n[nH]c(I)c12. The molecular weight excluding hydrogens is 309 g/mol. The second-order valence-electron chi connectivity index (χ2n) is 2.97. The molecule has 0 bridgehead atoms.